The van der Waals surface area contributed by atoms with Crippen LogP contribution in [0.1, 0.15) is 44.5 Å². The maximum atomic E-state index is 14.8. The Labute approximate surface area is 420 Å². The third-order valence-electron chi connectivity index (χ3n) is 12.7. The Hall–Kier alpha value is -7.52. The molecule has 4 aliphatic rings. The quantitative estimate of drug-likeness (QED) is 0.157. The monoisotopic (exact) mass is 1140 g/mol. The molecular weight excluding hydrogens is 1110 g/mol. The molecule has 0 atom stereocenters. The summed E-state index contributed by atoms with van der Waals surface area (Å²) < 4.78 is 180. The van der Waals surface area contributed by atoms with Gasteiger partial charge in [0.25, 0.3) is 0 Å². The third kappa shape index (κ3) is 7.80. The molecule has 74 heavy (non-hydrogen) atoms. The normalized spacial score (nSPS) is 15.3. The number of hydrogen-bond donors (Lipinski definition) is 0. The first-order valence-corrected chi connectivity index (χ1v) is 29.1. The van der Waals surface area contributed by atoms with Crippen molar-refractivity contribution in [1.82, 2.24) is 5.11 Å². The van der Waals surface area contributed by atoms with Crippen LogP contribution in [0.15, 0.2) is 176 Å². The second-order valence-corrected chi connectivity index (χ2v) is 24.6. The molecule has 0 spiro atoms. The van der Waals surface area contributed by atoms with Gasteiger partial charge in [0.15, 0.2) is 0 Å². The van der Waals surface area contributed by atoms with Crippen molar-refractivity contribution in [3.63, 3.8) is 0 Å². The van der Waals surface area contributed by atoms with E-state index in [1.807, 2.05) is 0 Å². The Morgan fingerprint density at radius 2 is 0.689 bits per heavy atom. The first-order chi connectivity index (χ1) is 35.1. The van der Waals surface area contributed by atoms with E-state index in [0.717, 1.165) is 72.8 Å². The van der Waals surface area contributed by atoms with Crippen molar-refractivity contribution in [2.24, 2.45) is 30.0 Å². The van der Waals surface area contributed by atoms with E-state index in [-0.39, 0.29) is 84.6 Å². The Balaban J connectivity index is 1.34. The Bertz CT molecular complexity index is 4060. The number of rotatable bonds is 4. The van der Waals surface area contributed by atoms with Gasteiger partial charge >= 0.3 is 422 Å². The number of halogens is 13. The number of fused-ring (bicyclic) bond motifs is 8. The van der Waals surface area contributed by atoms with E-state index in [4.69, 9.17) is 38.5 Å². The third-order valence-corrected chi connectivity index (χ3v) is 20.6. The summed E-state index contributed by atoms with van der Waals surface area (Å²) in [4.78, 5) is 29.9. The molecule has 4 aliphatic heterocycles. The molecule has 8 nitrogen and oxygen atoms in total. The van der Waals surface area contributed by atoms with Crippen LogP contribution in [-0.4, -0.2) is 49.3 Å². The van der Waals surface area contributed by atoms with Crippen LogP contribution < -0.4 is 11.0 Å². The van der Waals surface area contributed by atoms with E-state index in [1.165, 1.54) is 26.8 Å². The van der Waals surface area contributed by atoms with Crippen LogP contribution >= 0.6 is 8.58 Å². The van der Waals surface area contributed by atoms with E-state index in [9.17, 15) is 52.7 Å². The van der Waals surface area contributed by atoms with Gasteiger partial charge in [-0.2, -0.15) is 0 Å². The van der Waals surface area contributed by atoms with Gasteiger partial charge in [0.2, 0.25) is 0 Å². The molecule has 0 aliphatic carbocycles. The summed E-state index contributed by atoms with van der Waals surface area (Å²) in [7, 11) is 8.03. The molecule has 0 unspecified atom stereocenters. The SMILES string of the molecule is FC(F)(F)c1cccc(C2=C(c3cccc(C(F)(F)F)c3)C3=Nc4c(-c5cccc(C(F)(F)F)c5)c(-c5cccc(C(F)(F)F)c5)c5[n]4[In]([Cl])[n]4c(c6ccccc6c4=NC4=NC(=N5)c5ccccc54)=NC2=N3)c1. The number of hydrogen-bond acceptors (Lipinski definition) is 6. The van der Waals surface area contributed by atoms with Gasteiger partial charge in [0.05, 0.1) is 0 Å². The average molecular weight is 1140 g/mol. The van der Waals surface area contributed by atoms with Crippen LogP contribution in [-0.2, 0) is 24.7 Å². The van der Waals surface area contributed by atoms with Crippen molar-refractivity contribution in [1.29, 1.82) is 0 Å². The molecule has 6 bridgehead atoms. The predicted octanol–water partition coefficient (Wildman–Crippen LogP) is 13.6. The van der Waals surface area contributed by atoms with E-state index < -0.39 is 73.6 Å². The van der Waals surface area contributed by atoms with Crippen molar-refractivity contribution < 1.29 is 52.7 Å². The molecule has 366 valence electrons. The molecule has 2 aromatic heterocycles. The molecule has 8 aromatic rings. The zero-order valence-corrected chi connectivity index (χ0v) is 41.0. The van der Waals surface area contributed by atoms with E-state index >= 15 is 0 Å². The van der Waals surface area contributed by atoms with Crippen molar-refractivity contribution in [2.75, 3.05) is 0 Å². The van der Waals surface area contributed by atoms with Crippen molar-refractivity contribution in [3.8, 4) is 22.3 Å². The van der Waals surface area contributed by atoms with Crippen LogP contribution in [0.3, 0.4) is 0 Å². The number of benzene rings is 6. The summed E-state index contributed by atoms with van der Waals surface area (Å²) in [5, 5.41) is 0.762. The van der Waals surface area contributed by atoms with Crippen molar-refractivity contribution in [2.45, 2.75) is 24.7 Å². The molecule has 6 aromatic carbocycles. The van der Waals surface area contributed by atoms with Crippen LogP contribution in [0.2, 0.25) is 0 Å². The van der Waals surface area contributed by atoms with E-state index in [2.05, 4.69) is 0 Å². The molecule has 0 saturated heterocycles. The van der Waals surface area contributed by atoms with Crippen LogP contribution in [0, 0.1) is 0 Å². The minimum atomic E-state index is -5.00. The van der Waals surface area contributed by atoms with E-state index in [1.54, 1.807) is 51.1 Å². The summed E-state index contributed by atoms with van der Waals surface area (Å²) in [5.41, 5.74) is -5.55. The maximum absolute atomic E-state index is 14.8. The zero-order valence-electron chi connectivity index (χ0n) is 36.9. The molecule has 22 heteroatoms. The zero-order chi connectivity index (χ0) is 51.8. The van der Waals surface area contributed by atoms with Crippen LogP contribution in [0.4, 0.5) is 64.3 Å². The molecule has 0 saturated carbocycles. The summed E-state index contributed by atoms with van der Waals surface area (Å²) >= 11 is -5.00. The second kappa shape index (κ2) is 16.8. The number of alkyl halides is 12. The minimum absolute atomic E-state index is 0.00779. The second-order valence-electron chi connectivity index (χ2n) is 17.2. The van der Waals surface area contributed by atoms with Crippen molar-refractivity contribution in [3.05, 3.63) is 201 Å². The number of aliphatic imine (C=N–C) groups is 4. The van der Waals surface area contributed by atoms with Gasteiger partial charge in [-0.15, -0.1) is 0 Å². The van der Waals surface area contributed by atoms with Crippen molar-refractivity contribution >= 4 is 86.3 Å². The molecule has 0 amide bonds. The molecule has 0 radical (unpaired) electrons. The first kappa shape index (κ1) is 47.5. The van der Waals surface area contributed by atoms with Gasteiger partial charge < -0.3 is 0 Å². The summed E-state index contributed by atoms with van der Waals surface area (Å²) in [6.45, 7) is 0. The Kier molecular flexibility index (Phi) is 10.7. The predicted molar refractivity (Wildman–Crippen MR) is 255 cm³/mol. The fraction of sp³-hybridized carbons (Fsp3) is 0.0769. The van der Waals surface area contributed by atoms with Gasteiger partial charge in [-0.25, -0.2) is 0 Å². The first-order valence-electron chi connectivity index (χ1n) is 22.0. The van der Waals surface area contributed by atoms with Gasteiger partial charge in [-0.3, -0.25) is 0 Å². The molecule has 12 rings (SSSR count). The Morgan fingerprint density at radius 3 is 1.12 bits per heavy atom. The van der Waals surface area contributed by atoms with E-state index in [0.29, 0.717) is 21.9 Å². The fourth-order valence-corrected chi connectivity index (χ4v) is 17.2. The van der Waals surface area contributed by atoms with Gasteiger partial charge in [0, 0.05) is 0 Å². The number of amidine groups is 4. The summed E-state index contributed by atoms with van der Waals surface area (Å²) in [6.07, 6.45) is -19.8. The molecule has 0 fully saturated rings. The van der Waals surface area contributed by atoms with Gasteiger partial charge in [-0.05, 0) is 0 Å². The molecule has 0 N–H and O–H groups in total. The summed E-state index contributed by atoms with van der Waals surface area (Å²) in [5.74, 6) is -1.31. The Morgan fingerprint density at radius 1 is 0.351 bits per heavy atom. The van der Waals surface area contributed by atoms with Gasteiger partial charge in [0.1, 0.15) is 0 Å². The standard InChI is InChI=1S/C52H24F12N8.ClH.In/c53-49(54,55)29-13-5-9-25(21-29)37-39(27-11-7-15-31(23-27)51(59,60)61)47-70-45(37)68-43-35-19-3-1-17-33(35)41(66-43)65-42-34-18-2-4-20-36(34)44(67-42)69-46-38(26-10-6-14-30(22-26)50(56,57)58)40(48(71-46)72-47)28-12-8-16-32(24-28)52(62,63)64;;/h1-24H;1H;/q-2;;+3/p-1. The average Bonchev–Trinajstić information content (AvgIpc) is 4.08. The number of aromatic nitrogens is 2. The van der Waals surface area contributed by atoms with Crippen LogP contribution in [0.5, 0.6) is 0 Å². The van der Waals surface area contributed by atoms with Gasteiger partial charge in [-0.1, -0.05) is 0 Å². The van der Waals surface area contributed by atoms with Crippen LogP contribution in [0.25, 0.3) is 44.2 Å². The fourth-order valence-electron chi connectivity index (χ4n) is 9.53. The summed E-state index contributed by atoms with van der Waals surface area (Å²) in [6, 6.07) is 29.1. The number of nitrogens with zero attached hydrogens (tertiary/aromatic N) is 8. The topological polar surface area (TPSA) is 84.0 Å². The molecule has 6 heterocycles. The molecular formula is C52H24ClF12InN8.